The third-order valence-corrected chi connectivity index (χ3v) is 4.22. The van der Waals surface area contributed by atoms with Crippen molar-refractivity contribution in [2.75, 3.05) is 0 Å². The van der Waals surface area contributed by atoms with Crippen molar-refractivity contribution in [1.82, 2.24) is 14.8 Å². The minimum atomic E-state index is 0.374. The highest BCUT2D eigenvalue weighted by atomic mass is 35.5. The first kappa shape index (κ1) is 17.5. The summed E-state index contributed by atoms with van der Waals surface area (Å²) >= 11 is 12.3. The van der Waals surface area contributed by atoms with E-state index in [-0.39, 0.29) is 0 Å². The average molecular weight is 375 g/mol. The van der Waals surface area contributed by atoms with E-state index in [4.69, 9.17) is 28.0 Å². The third-order valence-electron chi connectivity index (χ3n) is 3.68. The maximum absolute atomic E-state index is 6.32. The number of rotatable bonds is 6. The van der Waals surface area contributed by atoms with Crippen LogP contribution in [0.1, 0.15) is 16.7 Å². The molecule has 0 aliphatic carbocycles. The molecular weight excluding hydrogens is 359 g/mol. The maximum atomic E-state index is 6.32. The van der Waals surface area contributed by atoms with E-state index < -0.39 is 0 Å². The van der Waals surface area contributed by atoms with Crippen molar-refractivity contribution in [1.29, 1.82) is 0 Å². The molecule has 0 radical (unpaired) electrons. The van der Waals surface area contributed by atoms with Gasteiger partial charge in [0.15, 0.2) is 0 Å². The van der Waals surface area contributed by atoms with Crippen LogP contribution >= 0.6 is 23.2 Å². The fourth-order valence-electron chi connectivity index (χ4n) is 2.31. The Hall–Kier alpha value is -2.37. The van der Waals surface area contributed by atoms with E-state index in [1.807, 2.05) is 37.3 Å². The molecule has 1 heterocycles. The summed E-state index contributed by atoms with van der Waals surface area (Å²) in [6, 6.07) is 13.3. The van der Waals surface area contributed by atoms with Crippen molar-refractivity contribution in [3.05, 3.63) is 81.9 Å². The van der Waals surface area contributed by atoms with Gasteiger partial charge in [-0.3, -0.25) is 0 Å². The molecule has 3 rings (SSSR count). The van der Waals surface area contributed by atoms with Crippen molar-refractivity contribution in [2.45, 2.75) is 20.1 Å². The van der Waals surface area contributed by atoms with Gasteiger partial charge in [0.25, 0.3) is 0 Å². The van der Waals surface area contributed by atoms with Crippen LogP contribution in [0.5, 0.6) is 0 Å². The first-order valence-electron chi connectivity index (χ1n) is 7.64. The summed E-state index contributed by atoms with van der Waals surface area (Å²) < 4.78 is 1.65. The Morgan fingerprint density at radius 1 is 1.20 bits per heavy atom. The van der Waals surface area contributed by atoms with Crippen LogP contribution < -0.4 is 0 Å². The van der Waals surface area contributed by atoms with Gasteiger partial charge in [0, 0.05) is 10.6 Å². The van der Waals surface area contributed by atoms with E-state index >= 15 is 0 Å². The van der Waals surface area contributed by atoms with Crippen molar-refractivity contribution >= 4 is 28.9 Å². The smallest absolute Gasteiger partial charge is 0.142 e. The summed E-state index contributed by atoms with van der Waals surface area (Å²) in [4.78, 5) is 9.53. The second kappa shape index (κ2) is 8.14. The molecule has 0 amide bonds. The van der Waals surface area contributed by atoms with Crippen LogP contribution in [0.4, 0.5) is 0 Å². The van der Waals surface area contributed by atoms with Crippen molar-refractivity contribution in [3.63, 3.8) is 0 Å². The third kappa shape index (κ3) is 4.59. The van der Waals surface area contributed by atoms with Crippen LogP contribution in [0, 0.1) is 6.92 Å². The minimum absolute atomic E-state index is 0.374. The molecule has 0 N–H and O–H groups in total. The molecule has 5 nitrogen and oxygen atoms in total. The van der Waals surface area contributed by atoms with Gasteiger partial charge in [-0.15, -0.1) is 0 Å². The standard InChI is InChI=1S/C18H16Cl2N4O/c1-13-4-2-3-5-14(13)10-25-23-18(9-24-12-21-11-22-24)16-7-6-15(19)8-17(16)20/h2-8,11-12H,9-10H2,1H3/b23-18+. The van der Waals surface area contributed by atoms with Crippen molar-refractivity contribution in [2.24, 2.45) is 5.16 Å². The van der Waals surface area contributed by atoms with Crippen LogP contribution in [0.25, 0.3) is 0 Å². The van der Waals surface area contributed by atoms with Gasteiger partial charge in [-0.1, -0.05) is 52.6 Å². The minimum Gasteiger partial charge on any atom is -0.391 e. The van der Waals surface area contributed by atoms with Crippen LogP contribution in [0.15, 0.2) is 60.3 Å². The van der Waals surface area contributed by atoms with Gasteiger partial charge < -0.3 is 4.84 Å². The molecule has 7 heteroatoms. The number of halogens is 2. The number of aromatic nitrogens is 3. The molecule has 0 aliphatic heterocycles. The lowest BCUT2D eigenvalue weighted by Crippen LogP contribution is -2.13. The largest absolute Gasteiger partial charge is 0.391 e. The Labute approximate surface area is 155 Å². The lowest BCUT2D eigenvalue weighted by atomic mass is 10.1. The molecular formula is C18H16Cl2N4O. The Morgan fingerprint density at radius 3 is 2.76 bits per heavy atom. The Kier molecular flexibility index (Phi) is 5.68. The predicted octanol–water partition coefficient (Wildman–Crippen LogP) is 4.51. The Bertz CT molecular complexity index is 879. The van der Waals surface area contributed by atoms with E-state index in [9.17, 15) is 0 Å². The van der Waals surface area contributed by atoms with Crippen LogP contribution in [-0.4, -0.2) is 20.5 Å². The van der Waals surface area contributed by atoms with Gasteiger partial charge in [-0.05, 0) is 36.2 Å². The molecule has 25 heavy (non-hydrogen) atoms. The lowest BCUT2D eigenvalue weighted by Gasteiger charge is -2.10. The summed E-state index contributed by atoms with van der Waals surface area (Å²) in [6.45, 7) is 2.79. The summed E-state index contributed by atoms with van der Waals surface area (Å²) in [6.07, 6.45) is 3.08. The number of hydrogen-bond donors (Lipinski definition) is 0. The van der Waals surface area contributed by atoms with Crippen molar-refractivity contribution < 1.29 is 4.84 Å². The molecule has 0 saturated carbocycles. The molecule has 0 atom stereocenters. The zero-order valence-corrected chi connectivity index (χ0v) is 15.1. The number of nitrogens with zero attached hydrogens (tertiary/aromatic N) is 4. The molecule has 1 aromatic heterocycles. The summed E-state index contributed by atoms with van der Waals surface area (Å²) in [5.41, 5.74) is 3.61. The van der Waals surface area contributed by atoms with Gasteiger partial charge in [-0.2, -0.15) is 5.10 Å². The summed E-state index contributed by atoms with van der Waals surface area (Å²) in [5, 5.41) is 9.48. The van der Waals surface area contributed by atoms with E-state index in [0.717, 1.165) is 16.7 Å². The first-order chi connectivity index (χ1) is 12.1. The maximum Gasteiger partial charge on any atom is 0.142 e. The van der Waals surface area contributed by atoms with E-state index in [1.165, 1.54) is 6.33 Å². The molecule has 3 aromatic rings. The average Bonchev–Trinajstić information content (AvgIpc) is 3.09. The van der Waals surface area contributed by atoms with Crippen molar-refractivity contribution in [3.8, 4) is 0 Å². The fraction of sp³-hybridized carbons (Fsp3) is 0.167. The SMILES string of the molecule is Cc1ccccc1CO/N=C(\Cn1cncn1)c1ccc(Cl)cc1Cl. The Balaban J connectivity index is 1.84. The molecule has 128 valence electrons. The number of benzene rings is 2. The summed E-state index contributed by atoms with van der Waals surface area (Å²) in [7, 11) is 0. The van der Waals surface area contributed by atoms with E-state index in [0.29, 0.717) is 28.9 Å². The molecule has 0 unspecified atom stereocenters. The van der Waals surface area contributed by atoms with Crippen LogP contribution in [0.3, 0.4) is 0 Å². The second-order valence-electron chi connectivity index (χ2n) is 5.46. The highest BCUT2D eigenvalue weighted by Gasteiger charge is 2.12. The fourth-order valence-corrected chi connectivity index (χ4v) is 2.82. The zero-order chi connectivity index (χ0) is 17.6. The molecule has 0 aliphatic rings. The predicted molar refractivity (Wildman–Crippen MR) is 99.0 cm³/mol. The lowest BCUT2D eigenvalue weighted by molar-refractivity contribution is 0.129. The highest BCUT2D eigenvalue weighted by molar-refractivity contribution is 6.37. The van der Waals surface area contributed by atoms with E-state index in [1.54, 1.807) is 23.1 Å². The van der Waals surface area contributed by atoms with Gasteiger partial charge >= 0.3 is 0 Å². The van der Waals surface area contributed by atoms with Crippen LogP contribution in [-0.2, 0) is 18.0 Å². The van der Waals surface area contributed by atoms with Gasteiger partial charge in [0.05, 0.1) is 11.6 Å². The van der Waals surface area contributed by atoms with Gasteiger partial charge in [0.2, 0.25) is 0 Å². The zero-order valence-electron chi connectivity index (χ0n) is 13.6. The molecule has 2 aromatic carbocycles. The normalized spacial score (nSPS) is 11.6. The monoisotopic (exact) mass is 374 g/mol. The highest BCUT2D eigenvalue weighted by Crippen LogP contribution is 2.22. The van der Waals surface area contributed by atoms with Gasteiger partial charge in [-0.25, -0.2) is 9.67 Å². The Morgan fingerprint density at radius 2 is 2.04 bits per heavy atom. The quantitative estimate of drug-likeness (QED) is 0.470. The number of aryl methyl sites for hydroxylation is 1. The second-order valence-corrected chi connectivity index (χ2v) is 6.30. The first-order valence-corrected chi connectivity index (χ1v) is 8.40. The topological polar surface area (TPSA) is 52.3 Å². The number of hydrogen-bond acceptors (Lipinski definition) is 4. The molecule has 0 spiro atoms. The number of oxime groups is 1. The van der Waals surface area contributed by atoms with Gasteiger partial charge in [0.1, 0.15) is 25.0 Å². The molecule has 0 saturated heterocycles. The molecule has 0 fully saturated rings. The van der Waals surface area contributed by atoms with Crippen LogP contribution in [0.2, 0.25) is 10.0 Å². The molecule has 0 bridgehead atoms. The summed E-state index contributed by atoms with van der Waals surface area (Å²) in [5.74, 6) is 0. The van der Waals surface area contributed by atoms with E-state index in [2.05, 4.69) is 15.2 Å².